The average Bonchev–Trinajstić information content (AvgIpc) is 3.53. The second-order valence-electron chi connectivity index (χ2n) is 8.47. The summed E-state index contributed by atoms with van der Waals surface area (Å²) in [4.78, 5) is 27.8. The van der Waals surface area contributed by atoms with E-state index < -0.39 is 17.7 Å². The molecular formula is C27H25NO6. The fraction of sp³-hybridized carbons (Fsp3) is 0.259. The Morgan fingerprint density at radius 3 is 2.76 bits per heavy atom. The number of Topliss-reactive ketones (excluding diaryl/α,β-unsaturated/α-hetero) is 1. The van der Waals surface area contributed by atoms with E-state index in [0.717, 1.165) is 11.3 Å². The van der Waals surface area contributed by atoms with Gasteiger partial charge in [0.05, 0.1) is 31.0 Å². The zero-order valence-electron chi connectivity index (χ0n) is 19.0. The van der Waals surface area contributed by atoms with Crippen molar-refractivity contribution >= 4 is 17.4 Å². The topological polar surface area (TPSA) is 89.2 Å². The second-order valence-corrected chi connectivity index (χ2v) is 8.47. The minimum absolute atomic E-state index is 0.0390. The Kier molecular flexibility index (Phi) is 5.61. The summed E-state index contributed by atoms with van der Waals surface area (Å²) in [5.74, 6) is 0.283. The standard InChI is InChI=1S/C27H25NO6/c1-3-32-20-7-4-6-17(14-20)24-23(26(30)27(31)28(24)15-21-8-5-11-33-21)25(29)18-9-10-22-19(13-18)12-16(2)34-22/h4-11,13-14,16,24,29H,3,12,15H2,1-2H3. The summed E-state index contributed by atoms with van der Waals surface area (Å²) >= 11 is 0. The van der Waals surface area contributed by atoms with Gasteiger partial charge in [-0.2, -0.15) is 0 Å². The van der Waals surface area contributed by atoms with E-state index in [2.05, 4.69) is 0 Å². The van der Waals surface area contributed by atoms with Gasteiger partial charge in [-0.3, -0.25) is 9.59 Å². The Bertz CT molecular complexity index is 1280. The molecule has 34 heavy (non-hydrogen) atoms. The van der Waals surface area contributed by atoms with Gasteiger partial charge in [0.1, 0.15) is 29.1 Å². The monoisotopic (exact) mass is 459 g/mol. The minimum atomic E-state index is -0.797. The van der Waals surface area contributed by atoms with Crippen molar-refractivity contribution in [2.24, 2.45) is 0 Å². The molecular weight excluding hydrogens is 434 g/mol. The summed E-state index contributed by atoms with van der Waals surface area (Å²) in [5, 5.41) is 11.3. The van der Waals surface area contributed by atoms with Crippen molar-refractivity contribution in [2.75, 3.05) is 6.61 Å². The molecule has 2 atom stereocenters. The van der Waals surface area contributed by atoms with Gasteiger partial charge in [0.2, 0.25) is 0 Å². The van der Waals surface area contributed by atoms with Gasteiger partial charge in [0, 0.05) is 12.0 Å². The lowest BCUT2D eigenvalue weighted by Crippen LogP contribution is -2.29. The van der Waals surface area contributed by atoms with Crippen molar-refractivity contribution in [2.45, 2.75) is 39.0 Å². The van der Waals surface area contributed by atoms with E-state index in [9.17, 15) is 14.7 Å². The van der Waals surface area contributed by atoms with Gasteiger partial charge in [-0.25, -0.2) is 0 Å². The minimum Gasteiger partial charge on any atom is -0.507 e. The fourth-order valence-electron chi connectivity index (χ4n) is 4.63. The van der Waals surface area contributed by atoms with E-state index >= 15 is 0 Å². The van der Waals surface area contributed by atoms with Crippen LogP contribution in [0.15, 0.2) is 70.9 Å². The predicted molar refractivity (Wildman–Crippen MR) is 124 cm³/mol. The zero-order chi connectivity index (χ0) is 23.8. The maximum Gasteiger partial charge on any atom is 0.296 e. The number of benzene rings is 2. The third-order valence-electron chi connectivity index (χ3n) is 6.10. The van der Waals surface area contributed by atoms with Gasteiger partial charge in [0.15, 0.2) is 0 Å². The molecule has 174 valence electrons. The lowest BCUT2D eigenvalue weighted by atomic mass is 9.94. The van der Waals surface area contributed by atoms with Crippen LogP contribution in [-0.2, 0) is 22.6 Å². The van der Waals surface area contributed by atoms with Crippen molar-refractivity contribution in [1.29, 1.82) is 0 Å². The largest absolute Gasteiger partial charge is 0.507 e. The highest BCUT2D eigenvalue weighted by Crippen LogP contribution is 2.42. The van der Waals surface area contributed by atoms with E-state index in [-0.39, 0.29) is 24.0 Å². The van der Waals surface area contributed by atoms with Gasteiger partial charge in [0.25, 0.3) is 11.7 Å². The summed E-state index contributed by atoms with van der Waals surface area (Å²) in [5.41, 5.74) is 2.13. The number of aliphatic hydroxyl groups excluding tert-OH is 1. The molecule has 1 saturated heterocycles. The van der Waals surface area contributed by atoms with E-state index in [4.69, 9.17) is 13.9 Å². The molecule has 3 heterocycles. The molecule has 0 bridgehead atoms. The third-order valence-corrected chi connectivity index (χ3v) is 6.10. The molecule has 1 aromatic heterocycles. The molecule has 7 nitrogen and oxygen atoms in total. The van der Waals surface area contributed by atoms with Crippen molar-refractivity contribution in [3.63, 3.8) is 0 Å². The summed E-state index contributed by atoms with van der Waals surface area (Å²) in [7, 11) is 0. The highest BCUT2D eigenvalue weighted by Gasteiger charge is 2.46. The molecule has 7 heteroatoms. The van der Waals surface area contributed by atoms with Crippen LogP contribution in [0.1, 0.15) is 42.3 Å². The van der Waals surface area contributed by atoms with Crippen LogP contribution in [0.4, 0.5) is 0 Å². The first-order valence-electron chi connectivity index (χ1n) is 11.3. The molecule has 1 amide bonds. The van der Waals surface area contributed by atoms with Crippen molar-refractivity contribution in [3.8, 4) is 11.5 Å². The first kappa shape index (κ1) is 21.8. The number of carbonyl (C=O) groups excluding carboxylic acids is 2. The molecule has 3 aromatic rings. The van der Waals surface area contributed by atoms with Crippen molar-refractivity contribution in [3.05, 3.63) is 88.9 Å². The molecule has 0 spiro atoms. The van der Waals surface area contributed by atoms with Crippen LogP contribution >= 0.6 is 0 Å². The van der Waals surface area contributed by atoms with Gasteiger partial charge < -0.3 is 23.9 Å². The van der Waals surface area contributed by atoms with Gasteiger partial charge in [-0.15, -0.1) is 0 Å². The van der Waals surface area contributed by atoms with Crippen molar-refractivity contribution < 1.29 is 28.6 Å². The van der Waals surface area contributed by atoms with Crippen LogP contribution in [-0.4, -0.2) is 34.4 Å². The molecule has 1 N–H and O–H groups in total. The normalized spacial score (nSPS) is 20.9. The summed E-state index contributed by atoms with van der Waals surface area (Å²) in [6, 6.07) is 15.2. The van der Waals surface area contributed by atoms with Crippen LogP contribution in [0.2, 0.25) is 0 Å². The number of hydrogen-bond donors (Lipinski definition) is 1. The number of furan rings is 1. The molecule has 2 aliphatic heterocycles. The van der Waals surface area contributed by atoms with E-state index in [1.807, 2.05) is 38.1 Å². The molecule has 2 aromatic carbocycles. The van der Waals surface area contributed by atoms with Crippen LogP contribution < -0.4 is 9.47 Å². The highest BCUT2D eigenvalue weighted by molar-refractivity contribution is 6.46. The Labute approximate surface area is 197 Å². The molecule has 2 unspecified atom stereocenters. The number of fused-ring (bicyclic) bond motifs is 1. The molecule has 0 aliphatic carbocycles. The predicted octanol–water partition coefficient (Wildman–Crippen LogP) is 4.62. The number of likely N-dealkylation sites (tertiary alicyclic amines) is 1. The first-order valence-corrected chi connectivity index (χ1v) is 11.3. The number of ketones is 1. The van der Waals surface area contributed by atoms with Crippen LogP contribution in [0.25, 0.3) is 5.76 Å². The SMILES string of the molecule is CCOc1cccc(C2C(=C(O)c3ccc4c(c3)CC(C)O4)C(=O)C(=O)N2Cc2ccco2)c1. The lowest BCUT2D eigenvalue weighted by molar-refractivity contribution is -0.140. The maximum absolute atomic E-state index is 13.2. The zero-order valence-corrected chi connectivity index (χ0v) is 19.0. The number of amides is 1. The van der Waals surface area contributed by atoms with Crippen LogP contribution in [0.3, 0.4) is 0 Å². The average molecular weight is 459 g/mol. The first-order chi connectivity index (χ1) is 16.5. The fourth-order valence-corrected chi connectivity index (χ4v) is 4.63. The Hall–Kier alpha value is -4.00. The number of rotatable bonds is 6. The quantitative estimate of drug-likeness (QED) is 0.329. The Morgan fingerprint density at radius 1 is 1.15 bits per heavy atom. The number of hydrogen-bond acceptors (Lipinski definition) is 6. The highest BCUT2D eigenvalue weighted by atomic mass is 16.5. The van der Waals surface area contributed by atoms with Gasteiger partial charge >= 0.3 is 0 Å². The van der Waals surface area contributed by atoms with E-state index in [0.29, 0.717) is 35.7 Å². The Morgan fingerprint density at radius 2 is 2.00 bits per heavy atom. The van der Waals surface area contributed by atoms with E-state index in [1.54, 1.807) is 30.3 Å². The van der Waals surface area contributed by atoms with Gasteiger partial charge in [-0.05, 0) is 67.4 Å². The van der Waals surface area contributed by atoms with E-state index in [1.165, 1.54) is 11.2 Å². The van der Waals surface area contributed by atoms with Crippen molar-refractivity contribution in [1.82, 2.24) is 4.90 Å². The molecule has 0 saturated carbocycles. The smallest absolute Gasteiger partial charge is 0.296 e. The number of carbonyl (C=O) groups is 2. The molecule has 2 aliphatic rings. The number of aliphatic hydroxyl groups is 1. The number of nitrogens with zero attached hydrogens (tertiary/aromatic N) is 1. The third kappa shape index (κ3) is 3.83. The molecule has 5 rings (SSSR count). The lowest BCUT2D eigenvalue weighted by Gasteiger charge is -2.25. The second kappa shape index (κ2) is 8.74. The summed E-state index contributed by atoms with van der Waals surface area (Å²) in [6.45, 7) is 4.43. The molecule has 0 radical (unpaired) electrons. The van der Waals surface area contributed by atoms with Gasteiger partial charge in [-0.1, -0.05) is 12.1 Å². The molecule has 1 fully saturated rings. The van der Waals surface area contributed by atoms with Crippen LogP contribution in [0.5, 0.6) is 11.5 Å². The summed E-state index contributed by atoms with van der Waals surface area (Å²) in [6.07, 6.45) is 2.28. The van der Waals surface area contributed by atoms with Crippen LogP contribution in [0, 0.1) is 0 Å². The maximum atomic E-state index is 13.2. The summed E-state index contributed by atoms with van der Waals surface area (Å²) < 4.78 is 16.8. The number of ether oxygens (including phenoxy) is 2. The Balaban J connectivity index is 1.63.